The summed E-state index contributed by atoms with van der Waals surface area (Å²) in [6.07, 6.45) is -0.0794. The molecule has 0 aliphatic rings. The Kier molecular flexibility index (Phi) is 3.68. The van der Waals surface area contributed by atoms with Gasteiger partial charge in [0.05, 0.1) is 11.0 Å². The Morgan fingerprint density at radius 1 is 1.47 bits per heavy atom. The van der Waals surface area contributed by atoms with Crippen molar-refractivity contribution < 1.29 is 9.66 Å². The number of nitrogens with zero attached hydrogens (tertiary/aromatic N) is 1. The van der Waals surface area contributed by atoms with Gasteiger partial charge in [0.15, 0.2) is 5.75 Å². The summed E-state index contributed by atoms with van der Waals surface area (Å²) in [7, 11) is 0. The molecule has 0 aliphatic heterocycles. The molecule has 0 radical (unpaired) electrons. The van der Waals surface area contributed by atoms with Crippen molar-refractivity contribution in [3.05, 3.63) is 32.3 Å². The quantitative estimate of drug-likeness (QED) is 0.626. The Labute approximate surface area is 96.5 Å². The van der Waals surface area contributed by atoms with Crippen LogP contribution in [0.25, 0.3) is 0 Å². The molecule has 82 valence electrons. The first-order valence-corrected chi connectivity index (χ1v) is 5.33. The summed E-state index contributed by atoms with van der Waals surface area (Å²) < 4.78 is 6.09. The van der Waals surface area contributed by atoms with Gasteiger partial charge in [-0.1, -0.05) is 15.9 Å². The van der Waals surface area contributed by atoms with Gasteiger partial charge in [0.1, 0.15) is 0 Å². The van der Waals surface area contributed by atoms with E-state index in [-0.39, 0.29) is 11.8 Å². The van der Waals surface area contributed by atoms with Crippen LogP contribution in [0.1, 0.15) is 19.4 Å². The number of nitro benzene ring substituents is 1. The van der Waals surface area contributed by atoms with Gasteiger partial charge in [-0.2, -0.15) is 0 Å². The summed E-state index contributed by atoms with van der Waals surface area (Å²) in [4.78, 5) is 10.5. The first-order chi connectivity index (χ1) is 6.93. The van der Waals surface area contributed by atoms with E-state index in [2.05, 4.69) is 15.9 Å². The lowest BCUT2D eigenvalue weighted by Gasteiger charge is -2.11. The van der Waals surface area contributed by atoms with Gasteiger partial charge in [-0.3, -0.25) is 10.1 Å². The zero-order chi connectivity index (χ0) is 11.6. The molecule has 0 saturated carbocycles. The highest BCUT2D eigenvalue weighted by Gasteiger charge is 2.21. The molecule has 1 rings (SSSR count). The molecule has 0 spiro atoms. The van der Waals surface area contributed by atoms with E-state index in [1.54, 1.807) is 19.1 Å². The molecule has 1 aromatic carbocycles. The molecule has 0 N–H and O–H groups in total. The van der Waals surface area contributed by atoms with Crippen molar-refractivity contribution in [2.45, 2.75) is 26.9 Å². The third kappa shape index (κ3) is 2.68. The van der Waals surface area contributed by atoms with Gasteiger partial charge in [0, 0.05) is 10.0 Å². The van der Waals surface area contributed by atoms with E-state index in [1.165, 1.54) is 0 Å². The zero-order valence-electron chi connectivity index (χ0n) is 8.78. The number of nitro groups is 1. The van der Waals surface area contributed by atoms with Crippen molar-refractivity contribution in [1.29, 1.82) is 0 Å². The highest BCUT2D eigenvalue weighted by atomic mass is 79.9. The Morgan fingerprint density at radius 2 is 2.07 bits per heavy atom. The second-order valence-electron chi connectivity index (χ2n) is 3.44. The molecule has 0 unspecified atom stereocenters. The monoisotopic (exact) mass is 273 g/mol. The van der Waals surface area contributed by atoms with Crippen molar-refractivity contribution in [2.24, 2.45) is 0 Å². The van der Waals surface area contributed by atoms with Crippen molar-refractivity contribution in [3.63, 3.8) is 0 Å². The summed E-state index contributed by atoms with van der Waals surface area (Å²) in [5.74, 6) is 0.315. The molecule has 0 atom stereocenters. The van der Waals surface area contributed by atoms with Crippen LogP contribution in [0.15, 0.2) is 16.6 Å². The first-order valence-electron chi connectivity index (χ1n) is 4.53. The first kappa shape index (κ1) is 12.0. The average Bonchev–Trinajstić information content (AvgIpc) is 2.10. The second kappa shape index (κ2) is 4.61. The smallest absolute Gasteiger partial charge is 0.314 e. The summed E-state index contributed by atoms with van der Waals surface area (Å²) in [6, 6.07) is 3.36. The molecule has 0 saturated heterocycles. The number of rotatable bonds is 3. The fraction of sp³-hybridized carbons (Fsp3) is 0.400. The number of halogens is 1. The predicted octanol–water partition coefficient (Wildman–Crippen LogP) is 3.45. The van der Waals surface area contributed by atoms with Crippen LogP contribution in [0.5, 0.6) is 5.75 Å². The third-order valence-electron chi connectivity index (χ3n) is 1.87. The molecular formula is C10H12BrNO3. The maximum atomic E-state index is 10.9. The average molecular weight is 274 g/mol. The topological polar surface area (TPSA) is 52.4 Å². The zero-order valence-corrected chi connectivity index (χ0v) is 10.4. The lowest BCUT2D eigenvalue weighted by molar-refractivity contribution is -0.386. The molecule has 0 heterocycles. The van der Waals surface area contributed by atoms with Crippen molar-refractivity contribution in [3.8, 4) is 5.75 Å². The number of benzene rings is 1. The predicted molar refractivity (Wildman–Crippen MR) is 61.3 cm³/mol. The Balaban J connectivity index is 3.27. The van der Waals surface area contributed by atoms with Gasteiger partial charge in [0.25, 0.3) is 0 Å². The van der Waals surface area contributed by atoms with E-state index in [0.717, 1.165) is 0 Å². The van der Waals surface area contributed by atoms with Crippen LogP contribution < -0.4 is 4.74 Å². The minimum Gasteiger partial charge on any atom is -0.484 e. The lowest BCUT2D eigenvalue weighted by atomic mass is 10.2. The van der Waals surface area contributed by atoms with Gasteiger partial charge in [0.2, 0.25) is 0 Å². The normalized spacial score (nSPS) is 10.5. The van der Waals surface area contributed by atoms with Gasteiger partial charge in [-0.15, -0.1) is 0 Å². The molecule has 1 aromatic rings. The van der Waals surface area contributed by atoms with Crippen LogP contribution in [0.4, 0.5) is 5.69 Å². The summed E-state index contributed by atoms with van der Waals surface area (Å²) in [5.41, 5.74) is 0.608. The number of hydrogen-bond donors (Lipinski definition) is 0. The van der Waals surface area contributed by atoms with Gasteiger partial charge >= 0.3 is 5.69 Å². The maximum absolute atomic E-state index is 10.9. The van der Waals surface area contributed by atoms with E-state index >= 15 is 0 Å². The highest BCUT2D eigenvalue weighted by molar-refractivity contribution is 9.10. The van der Waals surface area contributed by atoms with E-state index in [1.807, 2.05) is 13.8 Å². The SMILES string of the molecule is Cc1c(Br)ccc(OC(C)C)c1[N+](=O)[O-]. The fourth-order valence-corrected chi connectivity index (χ4v) is 1.55. The van der Waals surface area contributed by atoms with Gasteiger partial charge in [-0.25, -0.2) is 0 Å². The van der Waals surface area contributed by atoms with Gasteiger partial charge < -0.3 is 4.74 Å². The fourth-order valence-electron chi connectivity index (χ4n) is 1.23. The molecule has 0 fully saturated rings. The summed E-state index contributed by atoms with van der Waals surface area (Å²) in [5, 5.41) is 10.9. The molecule has 0 amide bonds. The second-order valence-corrected chi connectivity index (χ2v) is 4.30. The van der Waals surface area contributed by atoms with Crippen LogP contribution in [-0.2, 0) is 0 Å². The number of ether oxygens (including phenoxy) is 1. The Bertz CT molecular complexity index is 390. The lowest BCUT2D eigenvalue weighted by Crippen LogP contribution is -2.08. The standard InChI is InChI=1S/C10H12BrNO3/c1-6(2)15-9-5-4-8(11)7(3)10(9)12(13)14/h4-6H,1-3H3. The van der Waals surface area contributed by atoms with Crippen LogP contribution in [-0.4, -0.2) is 11.0 Å². The van der Waals surface area contributed by atoms with Gasteiger partial charge in [-0.05, 0) is 32.9 Å². The largest absolute Gasteiger partial charge is 0.484 e. The van der Waals surface area contributed by atoms with Crippen molar-refractivity contribution in [2.75, 3.05) is 0 Å². The summed E-state index contributed by atoms with van der Waals surface area (Å²) in [6.45, 7) is 5.36. The molecule has 0 aromatic heterocycles. The molecular weight excluding hydrogens is 262 g/mol. The molecule has 0 bridgehead atoms. The third-order valence-corrected chi connectivity index (χ3v) is 2.73. The Hall–Kier alpha value is -1.10. The summed E-state index contributed by atoms with van der Waals surface area (Å²) >= 11 is 3.25. The van der Waals surface area contributed by atoms with Crippen LogP contribution in [0.2, 0.25) is 0 Å². The van der Waals surface area contributed by atoms with Crippen molar-refractivity contribution >= 4 is 21.6 Å². The van der Waals surface area contributed by atoms with Crippen LogP contribution in [0, 0.1) is 17.0 Å². The highest BCUT2D eigenvalue weighted by Crippen LogP contribution is 2.35. The van der Waals surface area contributed by atoms with E-state index in [9.17, 15) is 10.1 Å². The van der Waals surface area contributed by atoms with E-state index < -0.39 is 4.92 Å². The molecule has 5 heteroatoms. The number of hydrogen-bond acceptors (Lipinski definition) is 3. The van der Waals surface area contributed by atoms with Crippen LogP contribution in [0.3, 0.4) is 0 Å². The van der Waals surface area contributed by atoms with E-state index in [4.69, 9.17) is 4.74 Å². The minimum absolute atomic E-state index is 0.0260. The minimum atomic E-state index is -0.419. The Morgan fingerprint density at radius 3 is 2.53 bits per heavy atom. The molecule has 0 aliphatic carbocycles. The van der Waals surface area contributed by atoms with E-state index in [0.29, 0.717) is 15.8 Å². The molecule has 15 heavy (non-hydrogen) atoms. The maximum Gasteiger partial charge on any atom is 0.314 e. The van der Waals surface area contributed by atoms with Crippen molar-refractivity contribution in [1.82, 2.24) is 0 Å². The van der Waals surface area contributed by atoms with Crippen LogP contribution >= 0.6 is 15.9 Å². The molecule has 4 nitrogen and oxygen atoms in total.